The molecule has 23 heteroatoms. The van der Waals surface area contributed by atoms with Crippen molar-refractivity contribution in [1.29, 1.82) is 0 Å². The van der Waals surface area contributed by atoms with Crippen LogP contribution in [0.1, 0.15) is 139 Å². The zero-order valence-electron chi connectivity index (χ0n) is 61.3. The lowest BCUT2D eigenvalue weighted by Crippen LogP contribution is -2.58. The van der Waals surface area contributed by atoms with Crippen LogP contribution in [0.3, 0.4) is 0 Å². The number of aryl methyl sites for hydroxylation is 2. The molecule has 0 aliphatic carbocycles. The summed E-state index contributed by atoms with van der Waals surface area (Å²) < 4.78 is 57.1. The second kappa shape index (κ2) is 46.3. The Bertz CT molecular complexity index is 2390. The number of nitrogens with one attached hydrogen (secondary N) is 3. The highest BCUT2D eigenvalue weighted by Crippen LogP contribution is 2.23. The van der Waals surface area contributed by atoms with E-state index in [4.69, 9.17) is 47.4 Å². The molecule has 2 aliphatic rings. The maximum atomic E-state index is 13.9. The molecule has 0 unspecified atom stereocenters. The molecular formula is C72H126N8O15. The van der Waals surface area contributed by atoms with E-state index in [9.17, 15) is 24.0 Å². The van der Waals surface area contributed by atoms with Gasteiger partial charge in [0.05, 0.1) is 85.4 Å². The van der Waals surface area contributed by atoms with Gasteiger partial charge in [-0.05, 0) is 149 Å². The summed E-state index contributed by atoms with van der Waals surface area (Å²) >= 11 is 0. The Labute approximate surface area is 571 Å². The minimum atomic E-state index is -0.815. The first kappa shape index (κ1) is 84.2. The van der Waals surface area contributed by atoms with Gasteiger partial charge >= 0.3 is 29.8 Å². The van der Waals surface area contributed by atoms with E-state index in [1.54, 1.807) is 0 Å². The highest BCUT2D eigenvalue weighted by Gasteiger charge is 2.38. The molecule has 3 N–H and O–H groups in total. The second-order valence-corrected chi connectivity index (χ2v) is 27.4. The van der Waals surface area contributed by atoms with Gasteiger partial charge in [0.1, 0.15) is 41.7 Å². The zero-order chi connectivity index (χ0) is 70.2. The van der Waals surface area contributed by atoms with Crippen molar-refractivity contribution in [3.05, 3.63) is 59.7 Å². The van der Waals surface area contributed by atoms with Crippen LogP contribution >= 0.6 is 0 Å². The molecule has 23 nitrogen and oxygen atoms in total. The Morgan fingerprint density at radius 2 is 0.663 bits per heavy atom. The number of esters is 5. The summed E-state index contributed by atoms with van der Waals surface area (Å²) in [6, 6.07) is 13.1. The van der Waals surface area contributed by atoms with Crippen LogP contribution in [0.25, 0.3) is 0 Å². The molecule has 0 spiro atoms. The Morgan fingerprint density at radius 1 is 0.389 bits per heavy atom. The van der Waals surface area contributed by atoms with Crippen LogP contribution in [0.5, 0.6) is 11.5 Å². The van der Waals surface area contributed by atoms with Gasteiger partial charge in [-0.25, -0.2) is 0 Å². The van der Waals surface area contributed by atoms with Crippen LogP contribution in [-0.4, -0.2) is 275 Å². The van der Waals surface area contributed by atoms with E-state index in [1.807, 2.05) is 95.2 Å². The molecular weight excluding hydrogens is 1220 g/mol. The highest BCUT2D eigenvalue weighted by molar-refractivity contribution is 5.77. The number of rotatable bonds is 32. The molecule has 2 saturated heterocycles. The molecule has 2 aliphatic heterocycles. The predicted molar refractivity (Wildman–Crippen MR) is 372 cm³/mol. The molecule has 5 atom stereocenters. The van der Waals surface area contributed by atoms with Gasteiger partial charge in [-0.3, -0.25) is 48.5 Å². The van der Waals surface area contributed by atoms with E-state index in [1.165, 1.54) is 41.1 Å². The minimum absolute atomic E-state index is 0.0437. The summed E-state index contributed by atoms with van der Waals surface area (Å²) in [5.74, 6) is -0.163. The van der Waals surface area contributed by atoms with Crippen molar-refractivity contribution in [3.8, 4) is 11.5 Å². The van der Waals surface area contributed by atoms with E-state index in [0.717, 1.165) is 121 Å². The number of unbranched alkanes of at least 4 members (excludes halogenated alkanes) is 2. The van der Waals surface area contributed by atoms with E-state index in [2.05, 4.69) is 69.9 Å². The number of carbonyl (C=O) groups excluding carboxylic acids is 5. The lowest BCUT2D eigenvalue weighted by atomic mass is 10.0. The van der Waals surface area contributed by atoms with Crippen LogP contribution in [-0.2, 0) is 74.7 Å². The second-order valence-electron chi connectivity index (χ2n) is 27.4. The van der Waals surface area contributed by atoms with Gasteiger partial charge in [0, 0.05) is 105 Å². The molecule has 2 aromatic rings. The SMILES string of the molecule is CCCCOc1cccc(CCC[C@@H](C(=O)OC)N2CCN([C@@H](COC(C)(C)C)C(=O)OC)CCN([C@@H](COC(C)(C)C)C(=O)OC)CCN([C@@H](COC(C)(C)C)C(=O)OC)CC2)c1.CCCCOc1cccc(CCC[C@@H](C(=O)OC)N2CCNCCNCCNCC2)c1. The van der Waals surface area contributed by atoms with Crippen LogP contribution in [0.2, 0.25) is 0 Å². The standard InChI is InChI=1S/C48H84N4O12.C24H42N4O3/c1-15-16-31-61-37-21-17-19-36(32-37)20-18-22-38(42(53)57-11)49-23-25-50(39(43(54)58-12)33-62-46(2,3)4)27-29-52(41(45(56)60-14)35-64-48(8,9)10)30-28-51(26-24-49)40(44(55)59-13)34-63-47(5,6)7;1-3-4-19-31-22-9-5-7-21(20-22)8-6-10-23(24(29)30-2)28-17-15-26-13-11-25-12-14-27-16-18-28/h17,19,21,32,38-41H,15-16,18,20,22-31,33-35H2,1-14H3;5,7,9,20,23,25-27H,3-4,6,8,10-19H2,1-2H3/t38-,39-,40-,41-;23-/m00/s1. The highest BCUT2D eigenvalue weighted by atomic mass is 16.6. The Balaban J connectivity index is 0.000000630. The monoisotopic (exact) mass is 1340 g/mol. The fourth-order valence-electron chi connectivity index (χ4n) is 11.1. The summed E-state index contributed by atoms with van der Waals surface area (Å²) in [4.78, 5) is 77.7. The lowest BCUT2D eigenvalue weighted by molar-refractivity contribution is -0.157. The van der Waals surface area contributed by atoms with Crippen molar-refractivity contribution in [1.82, 2.24) is 40.4 Å². The van der Waals surface area contributed by atoms with Gasteiger partial charge in [-0.1, -0.05) is 51.0 Å². The summed E-state index contributed by atoms with van der Waals surface area (Å²) in [5.41, 5.74) is 0.701. The van der Waals surface area contributed by atoms with Crippen LogP contribution < -0.4 is 25.4 Å². The fraction of sp³-hybridized carbons (Fsp3) is 0.764. The molecule has 544 valence electrons. The van der Waals surface area contributed by atoms with Gasteiger partial charge in [0.15, 0.2) is 0 Å². The first-order chi connectivity index (χ1) is 45.3. The number of hydrogen-bond acceptors (Lipinski definition) is 23. The summed E-state index contributed by atoms with van der Waals surface area (Å²) in [5, 5.41) is 10.3. The minimum Gasteiger partial charge on any atom is -0.494 e. The third kappa shape index (κ3) is 34.8. The molecule has 2 heterocycles. The van der Waals surface area contributed by atoms with Gasteiger partial charge in [0.2, 0.25) is 0 Å². The van der Waals surface area contributed by atoms with Crippen molar-refractivity contribution in [2.45, 2.75) is 187 Å². The number of methoxy groups -OCH3 is 5. The summed E-state index contributed by atoms with van der Waals surface area (Å²) in [7, 11) is 6.95. The Kier molecular flexibility index (Phi) is 41.0. The lowest BCUT2D eigenvalue weighted by Gasteiger charge is -2.41. The van der Waals surface area contributed by atoms with E-state index < -0.39 is 58.9 Å². The zero-order valence-corrected chi connectivity index (χ0v) is 61.3. The van der Waals surface area contributed by atoms with Gasteiger partial charge < -0.3 is 63.3 Å². The maximum Gasteiger partial charge on any atom is 0.325 e. The maximum absolute atomic E-state index is 13.9. The topological polar surface area (TPSA) is 230 Å². The molecule has 0 bridgehead atoms. The third-order valence-electron chi connectivity index (χ3n) is 16.6. The first-order valence-corrected chi connectivity index (χ1v) is 34.9. The third-order valence-corrected chi connectivity index (χ3v) is 16.6. The molecule has 2 aromatic carbocycles. The Morgan fingerprint density at radius 3 is 0.947 bits per heavy atom. The molecule has 0 aromatic heterocycles. The molecule has 0 amide bonds. The largest absolute Gasteiger partial charge is 0.494 e. The molecule has 0 saturated carbocycles. The normalized spacial score (nSPS) is 17.9. The van der Waals surface area contributed by atoms with Gasteiger partial charge in [0.25, 0.3) is 0 Å². The Hall–Kier alpha value is -5.05. The fourth-order valence-corrected chi connectivity index (χ4v) is 11.1. The van der Waals surface area contributed by atoms with Crippen molar-refractivity contribution >= 4 is 29.8 Å². The molecule has 0 radical (unpaired) electrons. The van der Waals surface area contributed by atoms with E-state index in [0.29, 0.717) is 78.2 Å². The number of nitrogens with zero attached hydrogens (tertiary/aromatic N) is 5. The van der Waals surface area contributed by atoms with Crippen molar-refractivity contribution in [2.24, 2.45) is 0 Å². The molecule has 4 rings (SSSR count). The van der Waals surface area contributed by atoms with Crippen molar-refractivity contribution in [2.75, 3.05) is 173 Å². The van der Waals surface area contributed by atoms with Gasteiger partial charge in [-0.15, -0.1) is 0 Å². The predicted octanol–water partition coefficient (Wildman–Crippen LogP) is 6.84. The van der Waals surface area contributed by atoms with Crippen LogP contribution in [0, 0.1) is 0 Å². The number of carbonyl (C=O) groups is 5. The number of benzene rings is 2. The smallest absolute Gasteiger partial charge is 0.325 e. The number of hydrogen-bond donors (Lipinski definition) is 3. The average Bonchev–Trinajstić information content (AvgIpc) is 0.880. The van der Waals surface area contributed by atoms with Crippen molar-refractivity contribution < 1.29 is 71.3 Å². The first-order valence-electron chi connectivity index (χ1n) is 34.9. The number of ether oxygens (including phenoxy) is 10. The molecule has 95 heavy (non-hydrogen) atoms. The quantitative estimate of drug-likeness (QED) is 0.0387. The van der Waals surface area contributed by atoms with Crippen molar-refractivity contribution in [3.63, 3.8) is 0 Å². The van der Waals surface area contributed by atoms with Gasteiger partial charge in [-0.2, -0.15) is 0 Å². The summed E-state index contributed by atoms with van der Waals surface area (Å²) in [6.07, 6.45) is 8.74. The van der Waals surface area contributed by atoms with Crippen LogP contribution in [0.4, 0.5) is 0 Å². The average molecular weight is 1340 g/mol. The van der Waals surface area contributed by atoms with Crippen LogP contribution in [0.15, 0.2) is 48.5 Å². The summed E-state index contributed by atoms with van der Waals surface area (Å²) in [6.45, 7) is 32.9. The molecule has 2 fully saturated rings. The van der Waals surface area contributed by atoms with E-state index >= 15 is 0 Å². The van der Waals surface area contributed by atoms with E-state index in [-0.39, 0.29) is 37.8 Å².